The fraction of sp³-hybridized carbons (Fsp3) is 0.571. The number of phenolic OH excluding ortho intramolecular Hbond substituents is 1. The van der Waals surface area contributed by atoms with Gasteiger partial charge >= 0.3 is 0 Å². The summed E-state index contributed by atoms with van der Waals surface area (Å²) in [5.74, 6) is 0.260. The van der Waals surface area contributed by atoms with E-state index in [1.165, 1.54) is 6.07 Å². The van der Waals surface area contributed by atoms with Crippen molar-refractivity contribution < 1.29 is 20.1 Å². The van der Waals surface area contributed by atoms with Crippen LogP contribution in [0.4, 0.5) is 0 Å². The van der Waals surface area contributed by atoms with Crippen LogP contribution >= 0.6 is 0 Å². The lowest BCUT2D eigenvalue weighted by molar-refractivity contribution is 0.250. The fourth-order valence-corrected chi connectivity index (χ4v) is 1.89. The van der Waals surface area contributed by atoms with E-state index in [0.717, 1.165) is 25.7 Å². The van der Waals surface area contributed by atoms with Crippen molar-refractivity contribution in [2.45, 2.75) is 38.9 Å². The van der Waals surface area contributed by atoms with Crippen LogP contribution in [0.15, 0.2) is 12.1 Å². The number of hydrogen-bond donors (Lipinski definition) is 4. The number of ether oxygens (including phenoxy) is 1. The molecule has 0 aliphatic carbocycles. The molecule has 5 N–H and O–H groups in total. The Bertz CT molecular complexity index is 382. The van der Waals surface area contributed by atoms with E-state index in [-0.39, 0.29) is 19.0 Å². The number of aliphatic hydroxyl groups excluding tert-OH is 2. The maximum absolute atomic E-state index is 9.81. The average molecular weight is 269 g/mol. The summed E-state index contributed by atoms with van der Waals surface area (Å²) in [5, 5.41) is 28.1. The van der Waals surface area contributed by atoms with Crippen LogP contribution in [-0.4, -0.2) is 28.5 Å². The maximum atomic E-state index is 9.81. The smallest absolute Gasteiger partial charge is 0.166 e. The van der Waals surface area contributed by atoms with Gasteiger partial charge in [0.2, 0.25) is 0 Å². The number of phenols is 1. The molecule has 0 unspecified atom stereocenters. The van der Waals surface area contributed by atoms with E-state index >= 15 is 0 Å². The molecule has 0 heterocycles. The highest BCUT2D eigenvalue weighted by molar-refractivity contribution is 5.48. The zero-order valence-corrected chi connectivity index (χ0v) is 11.1. The van der Waals surface area contributed by atoms with Crippen molar-refractivity contribution in [1.82, 2.24) is 0 Å². The molecule has 19 heavy (non-hydrogen) atoms. The van der Waals surface area contributed by atoms with Crippen LogP contribution in [0.5, 0.6) is 11.5 Å². The Balaban J connectivity index is 2.52. The van der Waals surface area contributed by atoms with E-state index in [0.29, 0.717) is 30.0 Å². The normalized spacial score (nSPS) is 10.7. The summed E-state index contributed by atoms with van der Waals surface area (Å²) >= 11 is 0. The molecule has 5 nitrogen and oxygen atoms in total. The lowest BCUT2D eigenvalue weighted by Gasteiger charge is -2.13. The first-order valence-electron chi connectivity index (χ1n) is 6.62. The van der Waals surface area contributed by atoms with Crippen LogP contribution in [0.3, 0.4) is 0 Å². The Kier molecular flexibility index (Phi) is 7.25. The highest BCUT2D eigenvalue weighted by Gasteiger charge is 2.11. The zero-order chi connectivity index (χ0) is 14.1. The molecule has 1 rings (SSSR count). The van der Waals surface area contributed by atoms with Gasteiger partial charge in [-0.15, -0.1) is 0 Å². The Hall–Kier alpha value is -1.30. The molecular weight excluding hydrogens is 246 g/mol. The third-order valence-electron chi connectivity index (χ3n) is 2.90. The van der Waals surface area contributed by atoms with Crippen molar-refractivity contribution in [2.24, 2.45) is 5.73 Å². The zero-order valence-electron chi connectivity index (χ0n) is 11.1. The number of aliphatic hydroxyl groups is 2. The van der Waals surface area contributed by atoms with Gasteiger partial charge in [0.15, 0.2) is 11.5 Å². The van der Waals surface area contributed by atoms with E-state index in [1.807, 2.05) is 0 Å². The van der Waals surface area contributed by atoms with Crippen molar-refractivity contribution >= 4 is 0 Å². The van der Waals surface area contributed by atoms with Crippen LogP contribution in [0, 0.1) is 0 Å². The van der Waals surface area contributed by atoms with Crippen LogP contribution in [0.2, 0.25) is 0 Å². The Labute approximate surface area is 113 Å². The van der Waals surface area contributed by atoms with E-state index in [4.69, 9.17) is 15.6 Å². The van der Waals surface area contributed by atoms with Gasteiger partial charge in [0.1, 0.15) is 0 Å². The van der Waals surface area contributed by atoms with Crippen molar-refractivity contribution in [2.75, 3.05) is 13.2 Å². The number of nitrogens with two attached hydrogens (primary N) is 1. The third-order valence-corrected chi connectivity index (χ3v) is 2.90. The van der Waals surface area contributed by atoms with Gasteiger partial charge in [-0.3, -0.25) is 0 Å². The van der Waals surface area contributed by atoms with Gasteiger partial charge in [-0.1, -0.05) is 12.8 Å². The maximum Gasteiger partial charge on any atom is 0.166 e. The quantitative estimate of drug-likeness (QED) is 0.506. The standard InChI is InChI=1S/C14H23NO4/c15-5-3-1-2-4-6-19-14-12(10-17)7-11(9-16)8-13(14)18/h7-8,16-18H,1-6,9-10,15H2. The van der Waals surface area contributed by atoms with Crippen LogP contribution in [-0.2, 0) is 13.2 Å². The lowest BCUT2D eigenvalue weighted by atomic mass is 10.1. The topological polar surface area (TPSA) is 95.9 Å². The van der Waals surface area contributed by atoms with Crippen molar-refractivity contribution in [3.63, 3.8) is 0 Å². The minimum Gasteiger partial charge on any atom is -0.504 e. The van der Waals surface area contributed by atoms with Gasteiger partial charge in [0.25, 0.3) is 0 Å². The second-order valence-electron chi connectivity index (χ2n) is 4.47. The molecule has 0 radical (unpaired) electrons. The largest absolute Gasteiger partial charge is 0.504 e. The van der Waals surface area contributed by atoms with Crippen molar-refractivity contribution in [3.8, 4) is 11.5 Å². The molecule has 1 aromatic carbocycles. The monoisotopic (exact) mass is 269 g/mol. The van der Waals surface area contributed by atoms with Crippen LogP contribution in [0.1, 0.15) is 36.8 Å². The van der Waals surface area contributed by atoms with Gasteiger partial charge in [0.05, 0.1) is 19.8 Å². The van der Waals surface area contributed by atoms with E-state index in [2.05, 4.69) is 0 Å². The molecule has 0 saturated carbocycles. The first-order chi connectivity index (χ1) is 9.22. The number of rotatable bonds is 9. The minimum atomic E-state index is -0.232. The molecular formula is C14H23NO4. The predicted octanol–water partition coefficient (Wildman–Crippen LogP) is 1.27. The Morgan fingerprint density at radius 3 is 2.37 bits per heavy atom. The number of unbranched alkanes of at least 4 members (excludes halogenated alkanes) is 3. The molecule has 0 spiro atoms. The van der Waals surface area contributed by atoms with Crippen LogP contribution in [0.25, 0.3) is 0 Å². The number of aromatic hydroxyl groups is 1. The summed E-state index contributed by atoms with van der Waals surface area (Å²) in [6.45, 7) is 0.784. The summed E-state index contributed by atoms with van der Waals surface area (Å²) in [7, 11) is 0. The van der Waals surface area contributed by atoms with Gasteiger partial charge in [-0.25, -0.2) is 0 Å². The van der Waals surface area contributed by atoms with E-state index in [1.54, 1.807) is 6.07 Å². The van der Waals surface area contributed by atoms with Crippen molar-refractivity contribution in [1.29, 1.82) is 0 Å². The molecule has 0 aromatic heterocycles. The summed E-state index contributed by atoms with van der Waals surface area (Å²) in [6.07, 6.45) is 3.99. The third kappa shape index (κ3) is 5.06. The molecule has 108 valence electrons. The van der Waals surface area contributed by atoms with E-state index < -0.39 is 0 Å². The SMILES string of the molecule is NCCCCCCOc1c(O)cc(CO)cc1CO. The highest BCUT2D eigenvalue weighted by Crippen LogP contribution is 2.32. The number of benzene rings is 1. The fourth-order valence-electron chi connectivity index (χ4n) is 1.89. The minimum absolute atomic E-state index is 0.0439. The molecule has 0 amide bonds. The first-order valence-corrected chi connectivity index (χ1v) is 6.62. The van der Waals surface area contributed by atoms with Crippen LogP contribution < -0.4 is 10.5 Å². The van der Waals surface area contributed by atoms with Gasteiger partial charge in [-0.2, -0.15) is 0 Å². The first kappa shape index (κ1) is 15.8. The highest BCUT2D eigenvalue weighted by atomic mass is 16.5. The summed E-state index contributed by atoms with van der Waals surface area (Å²) in [6, 6.07) is 3.08. The molecule has 0 aliphatic rings. The Morgan fingerprint density at radius 1 is 1.00 bits per heavy atom. The molecule has 0 atom stereocenters. The Morgan fingerprint density at radius 2 is 1.74 bits per heavy atom. The lowest BCUT2D eigenvalue weighted by Crippen LogP contribution is -2.03. The molecule has 0 fully saturated rings. The summed E-state index contributed by atoms with van der Waals surface area (Å²) < 4.78 is 5.52. The molecule has 0 aliphatic heterocycles. The molecule has 0 saturated heterocycles. The second kappa shape index (κ2) is 8.74. The summed E-state index contributed by atoms with van der Waals surface area (Å²) in [5.41, 5.74) is 6.45. The van der Waals surface area contributed by atoms with Gasteiger partial charge in [-0.05, 0) is 37.1 Å². The second-order valence-corrected chi connectivity index (χ2v) is 4.47. The van der Waals surface area contributed by atoms with E-state index in [9.17, 15) is 10.2 Å². The van der Waals surface area contributed by atoms with Gasteiger partial charge < -0.3 is 25.8 Å². The van der Waals surface area contributed by atoms with Crippen molar-refractivity contribution in [3.05, 3.63) is 23.3 Å². The predicted molar refractivity (Wildman–Crippen MR) is 73.0 cm³/mol. The summed E-state index contributed by atoms with van der Waals surface area (Å²) in [4.78, 5) is 0. The molecule has 1 aromatic rings. The molecule has 0 bridgehead atoms. The average Bonchev–Trinajstić information content (AvgIpc) is 2.43. The number of hydrogen-bond acceptors (Lipinski definition) is 5. The molecule has 5 heteroatoms. The van der Waals surface area contributed by atoms with Gasteiger partial charge in [0, 0.05) is 5.56 Å².